The van der Waals surface area contributed by atoms with E-state index in [1.165, 1.54) is 36.5 Å². The third-order valence-corrected chi connectivity index (χ3v) is 11.9. The van der Waals surface area contributed by atoms with E-state index < -0.39 is 45.1 Å². The van der Waals surface area contributed by atoms with Crippen molar-refractivity contribution in [3.8, 4) is 11.5 Å². The molecule has 0 fully saturated rings. The average molecular weight is 716 g/mol. The number of aromatic nitrogens is 3. The minimum Gasteiger partial charge on any atom is -0.377 e. The Hall–Kier alpha value is -3.37. The summed E-state index contributed by atoms with van der Waals surface area (Å²) in [5, 5.41) is 0. The monoisotopic (exact) mass is 715 g/mol. The van der Waals surface area contributed by atoms with Crippen molar-refractivity contribution in [3.63, 3.8) is 0 Å². The fraction of sp³-hybridized carbons (Fsp3) is 0.444. The molecule has 0 radical (unpaired) electrons. The van der Waals surface area contributed by atoms with E-state index >= 15 is 4.39 Å². The van der Waals surface area contributed by atoms with Crippen molar-refractivity contribution in [2.45, 2.75) is 77.4 Å². The predicted octanol–water partition coefficient (Wildman–Crippen LogP) is 9.32. The van der Waals surface area contributed by atoms with Gasteiger partial charge in [0.25, 0.3) is 0 Å². The van der Waals surface area contributed by atoms with Crippen LogP contribution in [0.15, 0.2) is 54.7 Å². The van der Waals surface area contributed by atoms with Crippen LogP contribution in [0.4, 0.5) is 17.6 Å². The quantitative estimate of drug-likeness (QED) is 0.0564. The zero-order valence-electron chi connectivity index (χ0n) is 29.0. The highest BCUT2D eigenvalue weighted by Crippen LogP contribution is 2.35. The lowest BCUT2D eigenvalue weighted by molar-refractivity contribution is -0.137. The number of benzene rings is 2. The molecule has 0 amide bonds. The van der Waals surface area contributed by atoms with E-state index in [2.05, 4.69) is 39.3 Å². The summed E-state index contributed by atoms with van der Waals surface area (Å²) in [4.78, 5) is 18.5. The van der Waals surface area contributed by atoms with Gasteiger partial charge in [-0.25, -0.2) is 9.37 Å². The molecule has 0 atom stereocenters. The number of carbonyl (C=O) groups excluding carboxylic acids is 1. The summed E-state index contributed by atoms with van der Waals surface area (Å²) in [6, 6.07) is 11.4. The van der Waals surface area contributed by atoms with Crippen molar-refractivity contribution in [3.05, 3.63) is 82.8 Å². The van der Waals surface area contributed by atoms with Gasteiger partial charge in [-0.05, 0) is 53.9 Å². The second-order valence-corrected chi connectivity index (χ2v) is 26.1. The van der Waals surface area contributed by atoms with Crippen LogP contribution < -0.4 is 0 Å². The highest BCUT2D eigenvalue weighted by Gasteiger charge is 2.35. The molecule has 2 aromatic carbocycles. The second-order valence-electron chi connectivity index (χ2n) is 14.9. The van der Waals surface area contributed by atoms with Gasteiger partial charge >= 0.3 is 6.18 Å². The van der Waals surface area contributed by atoms with Gasteiger partial charge in [0.1, 0.15) is 19.0 Å². The van der Waals surface area contributed by atoms with E-state index in [0.717, 1.165) is 23.7 Å². The second kappa shape index (κ2) is 14.9. The summed E-state index contributed by atoms with van der Waals surface area (Å²) in [6.07, 6.45) is -0.644. The van der Waals surface area contributed by atoms with Crippen molar-refractivity contribution in [2.24, 2.45) is 0 Å². The first kappa shape index (κ1) is 36.9. The molecular formula is C36H45F4N3O4Si2. The van der Waals surface area contributed by atoms with Gasteiger partial charge in [0.2, 0.25) is 0 Å². The van der Waals surface area contributed by atoms with E-state index in [-0.39, 0.29) is 24.5 Å². The molecule has 0 unspecified atom stereocenters. The SMILES string of the molecule is C[Si](C)(C)CCOCn1cc(C(=O)c2ccccc2C(F)(F)F)cc1-c1nc2c(F)cc(C3=CCOCC3)cc2n1COCC[Si](C)(C)C. The normalized spacial score (nSPS) is 14.4. The summed E-state index contributed by atoms with van der Waals surface area (Å²) in [7, 11) is -2.84. The van der Waals surface area contributed by atoms with Gasteiger partial charge in [0.05, 0.1) is 30.0 Å². The molecule has 0 saturated heterocycles. The van der Waals surface area contributed by atoms with Crippen LogP contribution >= 0.6 is 0 Å². The highest BCUT2D eigenvalue weighted by molar-refractivity contribution is 6.76. The number of alkyl halides is 3. The molecule has 3 heterocycles. The Labute approximate surface area is 286 Å². The molecule has 0 bridgehead atoms. The zero-order valence-corrected chi connectivity index (χ0v) is 31.0. The number of rotatable bonds is 14. The molecule has 0 N–H and O–H groups in total. The molecule has 4 aromatic rings. The number of hydrogen-bond acceptors (Lipinski definition) is 5. The maximum Gasteiger partial charge on any atom is 0.417 e. The lowest BCUT2D eigenvalue weighted by atomic mass is 9.99. The Morgan fingerprint density at radius 3 is 2.27 bits per heavy atom. The molecule has 1 aliphatic heterocycles. The van der Waals surface area contributed by atoms with Gasteiger partial charge in [-0.15, -0.1) is 0 Å². The summed E-state index contributed by atoms with van der Waals surface area (Å²) < 4.78 is 78.8. The molecule has 0 spiro atoms. The minimum absolute atomic E-state index is 0.0221. The van der Waals surface area contributed by atoms with Crippen LogP contribution in [0.3, 0.4) is 0 Å². The van der Waals surface area contributed by atoms with Gasteiger partial charge in [-0.2, -0.15) is 13.2 Å². The molecule has 264 valence electrons. The van der Waals surface area contributed by atoms with Gasteiger partial charge in [-0.3, -0.25) is 9.36 Å². The van der Waals surface area contributed by atoms with Crippen molar-refractivity contribution in [1.82, 2.24) is 14.1 Å². The standard InChI is InChI=1S/C36H45F4N3O4Si2/c1-48(2,3)17-15-46-23-42-22-27(34(44)28-9-7-8-10-29(28)36(38,39)40)21-32(42)35-41-33-30(37)19-26(25-11-13-45-14-12-25)20-31(33)43(35)24-47-16-18-49(4,5)6/h7-11,19-22H,12-18,23-24H2,1-6H3. The number of nitrogens with zero attached hydrogens (tertiary/aromatic N) is 3. The molecule has 7 nitrogen and oxygen atoms in total. The van der Waals surface area contributed by atoms with Crippen LogP contribution in [0, 0.1) is 5.82 Å². The summed E-state index contributed by atoms with van der Waals surface area (Å²) >= 11 is 0. The molecule has 5 rings (SSSR count). The Bertz CT molecular complexity index is 1830. The van der Waals surface area contributed by atoms with Gasteiger partial charge in [-0.1, -0.05) is 63.6 Å². The minimum atomic E-state index is -4.71. The lowest BCUT2D eigenvalue weighted by Crippen LogP contribution is -2.22. The van der Waals surface area contributed by atoms with E-state index in [1.807, 2.05) is 12.1 Å². The van der Waals surface area contributed by atoms with Crippen LogP contribution in [-0.2, 0) is 33.8 Å². The summed E-state index contributed by atoms with van der Waals surface area (Å²) in [5.74, 6) is -0.983. The lowest BCUT2D eigenvalue weighted by Gasteiger charge is -2.18. The Morgan fingerprint density at radius 1 is 0.959 bits per heavy atom. The molecule has 49 heavy (non-hydrogen) atoms. The van der Waals surface area contributed by atoms with E-state index in [9.17, 15) is 18.0 Å². The molecule has 13 heteroatoms. The first-order valence-corrected chi connectivity index (χ1v) is 24.0. The van der Waals surface area contributed by atoms with Gasteiger partial charge in [0.15, 0.2) is 17.4 Å². The zero-order chi connectivity index (χ0) is 35.6. The third-order valence-electron chi connectivity index (χ3n) is 8.45. The number of ketones is 1. The van der Waals surface area contributed by atoms with Crippen LogP contribution in [0.25, 0.3) is 28.1 Å². The average Bonchev–Trinajstić information content (AvgIpc) is 3.62. The maximum atomic E-state index is 15.9. The number of fused-ring (bicyclic) bond motifs is 1. The van der Waals surface area contributed by atoms with E-state index in [1.54, 1.807) is 9.13 Å². The van der Waals surface area contributed by atoms with Crippen molar-refractivity contribution < 1.29 is 36.6 Å². The van der Waals surface area contributed by atoms with Crippen molar-refractivity contribution in [1.29, 1.82) is 0 Å². The maximum absolute atomic E-state index is 15.9. The largest absolute Gasteiger partial charge is 0.417 e. The van der Waals surface area contributed by atoms with E-state index in [4.69, 9.17) is 19.2 Å². The van der Waals surface area contributed by atoms with Gasteiger partial charge in [0, 0.05) is 46.7 Å². The number of halogens is 4. The van der Waals surface area contributed by atoms with Crippen LogP contribution in [0.2, 0.25) is 51.4 Å². The topological polar surface area (TPSA) is 67.5 Å². The molecule has 2 aromatic heterocycles. The Kier molecular flexibility index (Phi) is 11.2. The first-order chi connectivity index (χ1) is 23.0. The van der Waals surface area contributed by atoms with Crippen LogP contribution in [-0.4, -0.2) is 62.5 Å². The smallest absolute Gasteiger partial charge is 0.377 e. The molecule has 1 aliphatic rings. The van der Waals surface area contributed by atoms with Crippen molar-refractivity contribution in [2.75, 3.05) is 26.4 Å². The number of imidazole rings is 1. The first-order valence-electron chi connectivity index (χ1n) is 16.6. The third kappa shape index (κ3) is 9.25. The summed E-state index contributed by atoms with van der Waals surface area (Å²) in [6.45, 7) is 15.5. The van der Waals surface area contributed by atoms with Crippen molar-refractivity contribution >= 4 is 38.5 Å². The molecule has 0 saturated carbocycles. The molecule has 0 aliphatic carbocycles. The Balaban J connectivity index is 1.63. The predicted molar refractivity (Wildman–Crippen MR) is 190 cm³/mol. The number of ether oxygens (including phenoxy) is 3. The van der Waals surface area contributed by atoms with E-state index in [0.29, 0.717) is 55.4 Å². The molecular weight excluding hydrogens is 671 g/mol. The highest BCUT2D eigenvalue weighted by atomic mass is 28.3. The fourth-order valence-electron chi connectivity index (χ4n) is 5.57. The summed E-state index contributed by atoms with van der Waals surface area (Å²) in [5.41, 5.74) is 1.28. The number of hydrogen-bond donors (Lipinski definition) is 0. The van der Waals surface area contributed by atoms with Crippen LogP contribution in [0.1, 0.15) is 33.5 Å². The Morgan fingerprint density at radius 2 is 1.63 bits per heavy atom. The fourth-order valence-corrected chi connectivity index (χ4v) is 7.08. The van der Waals surface area contributed by atoms with Crippen LogP contribution in [0.5, 0.6) is 0 Å². The number of carbonyl (C=O) groups is 1. The van der Waals surface area contributed by atoms with Gasteiger partial charge < -0.3 is 18.8 Å².